The molecule has 0 fully saturated rings. The van der Waals surface area contributed by atoms with E-state index in [9.17, 15) is 14.4 Å². The zero-order valence-electron chi connectivity index (χ0n) is 19.5. The minimum atomic E-state index is -0.570. The van der Waals surface area contributed by atoms with Crippen LogP contribution in [0.25, 0.3) is 4.96 Å². The molecular weight excluding hydrogens is 468 g/mol. The second-order valence-corrected chi connectivity index (χ2v) is 9.12. The Morgan fingerprint density at radius 3 is 2.57 bits per heavy atom. The Morgan fingerprint density at radius 2 is 1.86 bits per heavy atom. The minimum absolute atomic E-state index is 0.135. The summed E-state index contributed by atoms with van der Waals surface area (Å²) in [5, 5.41) is 7.79. The number of hydrogen-bond acceptors (Lipinski definition) is 8. The van der Waals surface area contributed by atoms with Crippen LogP contribution in [0.4, 0.5) is 5.69 Å². The zero-order chi connectivity index (χ0) is 24.9. The van der Waals surface area contributed by atoms with Crippen molar-refractivity contribution in [2.45, 2.75) is 33.3 Å². The monoisotopic (exact) mass is 492 g/mol. The summed E-state index contributed by atoms with van der Waals surface area (Å²) in [6.07, 6.45) is 0. The van der Waals surface area contributed by atoms with E-state index in [1.54, 1.807) is 30.3 Å². The fourth-order valence-electron chi connectivity index (χ4n) is 3.15. The molecular formula is C25H24N4O5S. The molecule has 2 heterocycles. The number of anilines is 1. The summed E-state index contributed by atoms with van der Waals surface area (Å²) >= 11 is 1.33. The summed E-state index contributed by atoms with van der Waals surface area (Å²) in [7, 11) is 0. The summed E-state index contributed by atoms with van der Waals surface area (Å²) in [6, 6.07) is 15.0. The van der Waals surface area contributed by atoms with Crippen LogP contribution < -0.4 is 15.6 Å². The molecule has 0 spiro atoms. The first-order chi connectivity index (χ1) is 16.8. The van der Waals surface area contributed by atoms with E-state index in [4.69, 9.17) is 9.47 Å². The summed E-state index contributed by atoms with van der Waals surface area (Å²) in [6.45, 7) is 5.60. The molecule has 2 aromatic heterocycles. The number of esters is 1. The zero-order valence-corrected chi connectivity index (χ0v) is 20.3. The van der Waals surface area contributed by atoms with Gasteiger partial charge < -0.3 is 14.8 Å². The molecule has 4 aromatic rings. The Kier molecular flexibility index (Phi) is 7.21. The Labute approximate surface area is 205 Å². The first-order valence-electron chi connectivity index (χ1n) is 11.0. The molecule has 0 atom stereocenters. The normalized spacial score (nSPS) is 11.0. The van der Waals surface area contributed by atoms with Gasteiger partial charge in [-0.3, -0.25) is 9.59 Å². The third-order valence-corrected chi connectivity index (χ3v) is 6.22. The maximum atomic E-state index is 12.4. The number of para-hydroxylation sites is 1. The van der Waals surface area contributed by atoms with Crippen molar-refractivity contribution in [2.75, 3.05) is 11.9 Å². The molecule has 9 nitrogen and oxygen atoms in total. The van der Waals surface area contributed by atoms with Crippen molar-refractivity contribution in [1.29, 1.82) is 0 Å². The van der Waals surface area contributed by atoms with Gasteiger partial charge in [0.2, 0.25) is 4.96 Å². The number of fused-ring (bicyclic) bond motifs is 1. The van der Waals surface area contributed by atoms with Gasteiger partial charge in [-0.05, 0) is 42.8 Å². The van der Waals surface area contributed by atoms with Crippen LogP contribution in [0.3, 0.4) is 0 Å². The highest BCUT2D eigenvalue weighted by molar-refractivity contribution is 7.16. The molecule has 2 aromatic carbocycles. The van der Waals surface area contributed by atoms with Gasteiger partial charge in [0.25, 0.3) is 11.5 Å². The summed E-state index contributed by atoms with van der Waals surface area (Å²) in [5.74, 6) is -0.0662. The van der Waals surface area contributed by atoms with E-state index in [2.05, 4.69) is 15.4 Å². The van der Waals surface area contributed by atoms with E-state index in [0.29, 0.717) is 27.7 Å². The molecule has 0 bridgehead atoms. The van der Waals surface area contributed by atoms with Gasteiger partial charge in [0, 0.05) is 17.7 Å². The third kappa shape index (κ3) is 5.90. The van der Waals surface area contributed by atoms with E-state index in [1.807, 2.05) is 39.0 Å². The fourth-order valence-corrected chi connectivity index (χ4v) is 4.07. The molecule has 0 aliphatic heterocycles. The van der Waals surface area contributed by atoms with Crippen molar-refractivity contribution < 1.29 is 19.1 Å². The van der Waals surface area contributed by atoms with E-state index in [-0.39, 0.29) is 30.6 Å². The number of carbonyl (C=O) groups excluding carboxylic acids is 2. The van der Waals surface area contributed by atoms with Crippen LogP contribution in [0.1, 0.15) is 46.4 Å². The van der Waals surface area contributed by atoms with E-state index in [0.717, 1.165) is 10.6 Å². The first kappa shape index (κ1) is 24.1. The van der Waals surface area contributed by atoms with Gasteiger partial charge in [-0.15, -0.1) is 0 Å². The van der Waals surface area contributed by atoms with E-state index < -0.39 is 5.97 Å². The first-order valence-corrected chi connectivity index (χ1v) is 11.8. The van der Waals surface area contributed by atoms with Crippen molar-refractivity contribution in [3.05, 3.63) is 86.8 Å². The number of benzene rings is 2. The summed E-state index contributed by atoms with van der Waals surface area (Å²) in [4.78, 5) is 41.7. The number of nitrogens with one attached hydrogen (secondary N) is 1. The second-order valence-electron chi connectivity index (χ2n) is 8.13. The predicted molar refractivity (Wildman–Crippen MR) is 132 cm³/mol. The van der Waals surface area contributed by atoms with Gasteiger partial charge in [0.15, 0.2) is 6.61 Å². The molecule has 0 aliphatic carbocycles. The molecule has 10 heteroatoms. The van der Waals surface area contributed by atoms with Crippen LogP contribution >= 0.6 is 11.3 Å². The Hall–Kier alpha value is -4.05. The van der Waals surface area contributed by atoms with Gasteiger partial charge in [-0.25, -0.2) is 9.78 Å². The lowest BCUT2D eigenvalue weighted by atomic mass is 10.2. The average molecular weight is 493 g/mol. The average Bonchev–Trinajstić information content (AvgIpc) is 3.28. The van der Waals surface area contributed by atoms with Crippen LogP contribution in [0, 0.1) is 6.92 Å². The largest absolute Gasteiger partial charge is 0.483 e. The lowest BCUT2D eigenvalue weighted by Crippen LogP contribution is -2.20. The fraction of sp³-hybridized carbons (Fsp3) is 0.240. The quantitative estimate of drug-likeness (QED) is 0.371. The predicted octanol–water partition coefficient (Wildman–Crippen LogP) is 3.96. The molecule has 0 unspecified atom stereocenters. The molecule has 0 saturated carbocycles. The number of aryl methyl sites for hydroxylation is 1. The van der Waals surface area contributed by atoms with E-state index in [1.165, 1.54) is 21.9 Å². The number of amides is 1. The standard InChI is InChI=1S/C25H24N4O5S/c1-15(2)23-28-29-22(31)12-19(27-25(29)35-23)13-34-24(32)17-8-10-18(11-9-17)26-21(30)14-33-20-7-5-4-6-16(20)3/h4-12,15H,13-14H2,1-3H3,(H,26,30). The van der Waals surface area contributed by atoms with Crippen molar-refractivity contribution in [1.82, 2.24) is 14.6 Å². The van der Waals surface area contributed by atoms with Crippen LogP contribution in [-0.2, 0) is 16.1 Å². The topological polar surface area (TPSA) is 112 Å². The van der Waals surface area contributed by atoms with Crippen molar-refractivity contribution in [3.8, 4) is 5.75 Å². The van der Waals surface area contributed by atoms with Crippen molar-refractivity contribution in [2.24, 2.45) is 0 Å². The molecule has 1 amide bonds. The van der Waals surface area contributed by atoms with Gasteiger partial charge >= 0.3 is 5.97 Å². The van der Waals surface area contributed by atoms with Crippen LogP contribution in [0.15, 0.2) is 59.4 Å². The van der Waals surface area contributed by atoms with Crippen molar-refractivity contribution >= 4 is 33.9 Å². The molecule has 35 heavy (non-hydrogen) atoms. The Balaban J connectivity index is 1.32. The van der Waals surface area contributed by atoms with Gasteiger partial charge in [0.05, 0.1) is 11.3 Å². The van der Waals surface area contributed by atoms with Crippen LogP contribution in [0.2, 0.25) is 0 Å². The highest BCUT2D eigenvalue weighted by Crippen LogP contribution is 2.20. The van der Waals surface area contributed by atoms with Gasteiger partial charge in [0.1, 0.15) is 17.4 Å². The summed E-state index contributed by atoms with van der Waals surface area (Å²) in [5.41, 5.74) is 1.79. The van der Waals surface area contributed by atoms with Crippen LogP contribution in [-0.4, -0.2) is 33.1 Å². The maximum absolute atomic E-state index is 12.4. The summed E-state index contributed by atoms with van der Waals surface area (Å²) < 4.78 is 12.1. The van der Waals surface area contributed by atoms with Gasteiger partial charge in [-0.1, -0.05) is 43.4 Å². The number of carbonyl (C=O) groups is 2. The highest BCUT2D eigenvalue weighted by Gasteiger charge is 2.14. The lowest BCUT2D eigenvalue weighted by Gasteiger charge is -2.10. The Morgan fingerprint density at radius 1 is 1.11 bits per heavy atom. The maximum Gasteiger partial charge on any atom is 0.338 e. The molecule has 4 rings (SSSR count). The number of rotatable bonds is 8. The van der Waals surface area contributed by atoms with Crippen LogP contribution in [0.5, 0.6) is 5.75 Å². The SMILES string of the molecule is Cc1ccccc1OCC(=O)Nc1ccc(C(=O)OCc2cc(=O)n3nc(C(C)C)sc3n2)cc1. The van der Waals surface area contributed by atoms with Crippen molar-refractivity contribution in [3.63, 3.8) is 0 Å². The number of ether oxygens (including phenoxy) is 2. The second kappa shape index (κ2) is 10.5. The molecule has 1 N–H and O–H groups in total. The molecule has 0 radical (unpaired) electrons. The molecule has 0 aliphatic rings. The number of hydrogen-bond donors (Lipinski definition) is 1. The molecule has 0 saturated heterocycles. The van der Waals surface area contributed by atoms with Gasteiger partial charge in [-0.2, -0.15) is 9.61 Å². The molecule has 180 valence electrons. The Bertz CT molecular complexity index is 1430. The third-order valence-electron chi connectivity index (χ3n) is 5.02. The van der Waals surface area contributed by atoms with E-state index >= 15 is 0 Å². The lowest BCUT2D eigenvalue weighted by molar-refractivity contribution is -0.118. The highest BCUT2D eigenvalue weighted by atomic mass is 32.1. The minimum Gasteiger partial charge on any atom is -0.483 e. The number of aromatic nitrogens is 3. The number of nitrogens with zero attached hydrogens (tertiary/aromatic N) is 3. The smallest absolute Gasteiger partial charge is 0.338 e.